The summed E-state index contributed by atoms with van der Waals surface area (Å²) in [5, 5.41) is 9.57. The van der Waals surface area contributed by atoms with Gasteiger partial charge >= 0.3 is 5.97 Å². The van der Waals surface area contributed by atoms with Crippen molar-refractivity contribution in [3.63, 3.8) is 0 Å². The third-order valence-corrected chi connectivity index (χ3v) is 4.51. The first kappa shape index (κ1) is 19.6. The Kier molecular flexibility index (Phi) is 5.77. The summed E-state index contributed by atoms with van der Waals surface area (Å²) in [6.45, 7) is 2.19. The fourth-order valence-electron chi connectivity index (χ4n) is 2.95. The minimum atomic E-state index is -1.06. The topological polar surface area (TPSA) is 97.7 Å². The van der Waals surface area contributed by atoms with E-state index in [0.29, 0.717) is 29.8 Å². The highest BCUT2D eigenvalue weighted by Crippen LogP contribution is 2.47. The second kappa shape index (κ2) is 8.24. The van der Waals surface area contributed by atoms with E-state index in [4.69, 9.17) is 9.47 Å². The number of hydrogen-bond donors (Lipinski definition) is 1. The standard InChI is InChI=1S/C20H24N4O4/c1-12-21-9-16(17(20(25)26)10-24(2)3)19(23-12)28-11-13-7-15(13)18-6-5-14(27-4)8-22-18/h5-6,8-10,13,15H,7,11H2,1-4H3,(H,25,26)/b17-10+/t13-,15+/m1/s1. The van der Waals surface area contributed by atoms with Crippen LogP contribution in [0.3, 0.4) is 0 Å². The second-order valence-electron chi connectivity index (χ2n) is 6.98. The number of pyridine rings is 1. The Morgan fingerprint density at radius 2 is 2.11 bits per heavy atom. The molecular formula is C20H24N4O4. The molecule has 2 aromatic heterocycles. The third-order valence-electron chi connectivity index (χ3n) is 4.51. The number of ether oxygens (including phenoxy) is 2. The number of carboxylic acids is 1. The number of aryl methyl sites for hydroxylation is 1. The molecule has 0 bridgehead atoms. The molecule has 0 saturated heterocycles. The van der Waals surface area contributed by atoms with E-state index in [1.165, 1.54) is 12.4 Å². The van der Waals surface area contributed by atoms with Gasteiger partial charge in [-0.05, 0) is 25.5 Å². The molecule has 0 aromatic carbocycles. The summed E-state index contributed by atoms with van der Waals surface area (Å²) in [4.78, 5) is 26.2. The Hall–Kier alpha value is -3.16. The van der Waals surface area contributed by atoms with Gasteiger partial charge in [-0.3, -0.25) is 4.98 Å². The normalized spacial score (nSPS) is 18.5. The Bertz CT molecular complexity index is 880. The van der Waals surface area contributed by atoms with Crippen LogP contribution in [0.4, 0.5) is 0 Å². The minimum absolute atomic E-state index is 0.0872. The molecule has 0 amide bonds. The molecule has 1 fully saturated rings. The van der Waals surface area contributed by atoms with Crippen LogP contribution < -0.4 is 9.47 Å². The lowest BCUT2D eigenvalue weighted by Crippen LogP contribution is -2.12. The minimum Gasteiger partial charge on any atom is -0.495 e. The van der Waals surface area contributed by atoms with E-state index in [-0.39, 0.29) is 11.5 Å². The summed E-state index contributed by atoms with van der Waals surface area (Å²) in [5.41, 5.74) is 1.46. The molecule has 0 spiro atoms. The van der Waals surface area contributed by atoms with E-state index in [9.17, 15) is 9.90 Å². The van der Waals surface area contributed by atoms with Crippen LogP contribution in [0.1, 0.15) is 29.4 Å². The summed E-state index contributed by atoms with van der Waals surface area (Å²) in [5.74, 6) is 1.13. The van der Waals surface area contributed by atoms with Gasteiger partial charge in [0.2, 0.25) is 5.88 Å². The van der Waals surface area contributed by atoms with Crippen molar-refractivity contribution in [3.8, 4) is 11.6 Å². The Morgan fingerprint density at radius 3 is 2.71 bits per heavy atom. The Labute approximate surface area is 163 Å². The molecule has 1 N–H and O–H groups in total. The lowest BCUT2D eigenvalue weighted by Gasteiger charge is -2.13. The average molecular weight is 384 g/mol. The van der Waals surface area contributed by atoms with Gasteiger partial charge in [0.05, 0.1) is 31.1 Å². The summed E-state index contributed by atoms with van der Waals surface area (Å²) in [7, 11) is 5.13. The van der Waals surface area contributed by atoms with E-state index in [1.54, 1.807) is 39.2 Å². The maximum Gasteiger partial charge on any atom is 0.338 e. The van der Waals surface area contributed by atoms with Crippen LogP contribution in [0.15, 0.2) is 30.7 Å². The van der Waals surface area contributed by atoms with Gasteiger partial charge in [-0.2, -0.15) is 4.98 Å². The van der Waals surface area contributed by atoms with Crippen molar-refractivity contribution in [1.29, 1.82) is 0 Å². The molecule has 0 unspecified atom stereocenters. The van der Waals surface area contributed by atoms with E-state index in [0.717, 1.165) is 17.9 Å². The van der Waals surface area contributed by atoms with Crippen LogP contribution in [-0.2, 0) is 4.79 Å². The van der Waals surface area contributed by atoms with Crippen LogP contribution in [0.5, 0.6) is 11.6 Å². The first-order chi connectivity index (χ1) is 13.4. The molecule has 1 saturated carbocycles. The van der Waals surface area contributed by atoms with Gasteiger partial charge in [-0.25, -0.2) is 9.78 Å². The summed E-state index contributed by atoms with van der Waals surface area (Å²) in [6.07, 6.45) is 5.70. The molecule has 2 aromatic rings. The number of nitrogens with zero attached hydrogens (tertiary/aromatic N) is 4. The molecule has 28 heavy (non-hydrogen) atoms. The number of aromatic nitrogens is 3. The first-order valence-corrected chi connectivity index (χ1v) is 8.97. The number of aliphatic carboxylic acids is 1. The monoisotopic (exact) mass is 384 g/mol. The average Bonchev–Trinajstić information content (AvgIpc) is 3.44. The van der Waals surface area contributed by atoms with Gasteiger partial charge in [0.15, 0.2) is 0 Å². The zero-order chi connectivity index (χ0) is 20.3. The maximum absolute atomic E-state index is 11.7. The number of rotatable bonds is 8. The fraction of sp³-hybridized carbons (Fsp3) is 0.400. The summed E-state index contributed by atoms with van der Waals surface area (Å²) < 4.78 is 11.1. The van der Waals surface area contributed by atoms with Gasteiger partial charge in [0.1, 0.15) is 11.6 Å². The van der Waals surface area contributed by atoms with Crippen LogP contribution in [0, 0.1) is 12.8 Å². The van der Waals surface area contributed by atoms with Gasteiger partial charge in [-0.1, -0.05) is 0 Å². The van der Waals surface area contributed by atoms with Crippen molar-refractivity contribution in [2.24, 2.45) is 5.92 Å². The lowest BCUT2D eigenvalue weighted by molar-refractivity contribution is -0.130. The zero-order valence-electron chi connectivity index (χ0n) is 16.4. The highest BCUT2D eigenvalue weighted by Gasteiger charge is 2.40. The molecule has 0 aliphatic heterocycles. The fourth-order valence-corrected chi connectivity index (χ4v) is 2.95. The van der Waals surface area contributed by atoms with Crippen molar-refractivity contribution < 1.29 is 19.4 Å². The molecule has 0 radical (unpaired) electrons. The largest absolute Gasteiger partial charge is 0.495 e. The molecule has 1 aliphatic rings. The molecule has 148 valence electrons. The van der Waals surface area contributed by atoms with Crippen LogP contribution >= 0.6 is 0 Å². The SMILES string of the molecule is COc1ccc([C@H]2C[C@@H]2COc2nc(C)ncc2/C(=C\N(C)C)C(=O)O)nc1. The first-order valence-electron chi connectivity index (χ1n) is 8.97. The van der Waals surface area contributed by atoms with Gasteiger partial charge in [0, 0.05) is 44.0 Å². The van der Waals surface area contributed by atoms with Crippen molar-refractivity contribution in [3.05, 3.63) is 47.8 Å². The van der Waals surface area contributed by atoms with E-state index >= 15 is 0 Å². The Balaban J connectivity index is 1.72. The summed E-state index contributed by atoms with van der Waals surface area (Å²) in [6, 6.07) is 3.86. The highest BCUT2D eigenvalue weighted by molar-refractivity contribution is 6.15. The number of hydrogen-bond acceptors (Lipinski definition) is 7. The molecule has 3 rings (SSSR count). The molecule has 8 nitrogen and oxygen atoms in total. The number of methoxy groups -OCH3 is 1. The predicted octanol–water partition coefficient (Wildman–Crippen LogP) is 2.36. The van der Waals surface area contributed by atoms with Gasteiger partial charge < -0.3 is 19.5 Å². The van der Waals surface area contributed by atoms with E-state index < -0.39 is 5.97 Å². The van der Waals surface area contributed by atoms with E-state index in [1.807, 2.05) is 12.1 Å². The maximum atomic E-state index is 11.7. The highest BCUT2D eigenvalue weighted by atomic mass is 16.5. The summed E-state index contributed by atoms with van der Waals surface area (Å²) >= 11 is 0. The molecule has 2 atom stereocenters. The smallest absolute Gasteiger partial charge is 0.338 e. The van der Waals surface area contributed by atoms with Crippen LogP contribution in [-0.4, -0.2) is 58.7 Å². The third kappa shape index (κ3) is 4.57. The van der Waals surface area contributed by atoms with Crippen molar-refractivity contribution in [2.75, 3.05) is 27.8 Å². The van der Waals surface area contributed by atoms with Crippen LogP contribution in [0.2, 0.25) is 0 Å². The van der Waals surface area contributed by atoms with Crippen molar-refractivity contribution in [1.82, 2.24) is 19.9 Å². The molecule has 8 heteroatoms. The van der Waals surface area contributed by atoms with Crippen molar-refractivity contribution in [2.45, 2.75) is 19.3 Å². The number of carboxylic acid groups (broad SMARTS) is 1. The zero-order valence-corrected chi connectivity index (χ0v) is 16.4. The van der Waals surface area contributed by atoms with Gasteiger partial charge in [0.25, 0.3) is 0 Å². The molecule has 2 heterocycles. The van der Waals surface area contributed by atoms with Crippen molar-refractivity contribution >= 4 is 11.5 Å². The Morgan fingerprint density at radius 1 is 1.32 bits per heavy atom. The lowest BCUT2D eigenvalue weighted by atomic mass is 10.1. The second-order valence-corrected chi connectivity index (χ2v) is 6.98. The predicted molar refractivity (Wildman–Crippen MR) is 103 cm³/mol. The van der Waals surface area contributed by atoms with Gasteiger partial charge in [-0.15, -0.1) is 0 Å². The molecule has 1 aliphatic carbocycles. The van der Waals surface area contributed by atoms with E-state index in [2.05, 4.69) is 15.0 Å². The van der Waals surface area contributed by atoms with Crippen LogP contribution in [0.25, 0.3) is 5.57 Å². The number of carbonyl (C=O) groups is 1. The quantitative estimate of drug-likeness (QED) is 0.693. The molecular weight excluding hydrogens is 360 g/mol.